The van der Waals surface area contributed by atoms with Crippen LogP contribution in [0.5, 0.6) is 5.75 Å². The number of likely N-dealkylation sites (tertiary alicyclic amines) is 1. The van der Waals surface area contributed by atoms with Crippen LogP contribution >= 0.6 is 11.6 Å². The normalized spacial score (nSPS) is 20.8. The minimum Gasteiger partial charge on any atom is -0.488 e. The monoisotopic (exact) mass is 324 g/mol. The standard InChI is InChI=1S/C16H21ClN2O3/c17-12-2-4-13(5-3-12)22-14-10-19(11-14)9-8-16(6-1-7-16)18-15(20)21/h2-5,14,18H,1,6-11H2,(H,20,21). The van der Waals surface area contributed by atoms with Gasteiger partial charge in [-0.15, -0.1) is 0 Å². The Morgan fingerprint density at radius 1 is 1.36 bits per heavy atom. The lowest BCUT2D eigenvalue weighted by Crippen LogP contribution is -2.58. The maximum atomic E-state index is 10.9. The van der Waals surface area contributed by atoms with Crippen LogP contribution in [0.15, 0.2) is 24.3 Å². The zero-order valence-electron chi connectivity index (χ0n) is 12.4. The number of carbonyl (C=O) groups is 1. The topological polar surface area (TPSA) is 61.8 Å². The van der Waals surface area contributed by atoms with E-state index in [2.05, 4.69) is 10.2 Å². The average Bonchev–Trinajstić information content (AvgIpc) is 2.39. The second kappa shape index (κ2) is 6.34. The second-order valence-electron chi connectivity index (χ2n) is 6.27. The summed E-state index contributed by atoms with van der Waals surface area (Å²) in [5.41, 5.74) is -0.187. The van der Waals surface area contributed by atoms with E-state index in [1.807, 2.05) is 24.3 Å². The third-order valence-electron chi connectivity index (χ3n) is 4.63. The number of halogens is 1. The van der Waals surface area contributed by atoms with Gasteiger partial charge in [0.2, 0.25) is 0 Å². The molecule has 1 aromatic rings. The molecule has 0 spiro atoms. The van der Waals surface area contributed by atoms with Gasteiger partial charge in [0.1, 0.15) is 11.9 Å². The largest absolute Gasteiger partial charge is 0.488 e. The summed E-state index contributed by atoms with van der Waals surface area (Å²) >= 11 is 5.85. The van der Waals surface area contributed by atoms with Gasteiger partial charge < -0.3 is 15.2 Å². The summed E-state index contributed by atoms with van der Waals surface area (Å²) in [7, 11) is 0. The number of hydrogen-bond donors (Lipinski definition) is 2. The molecule has 1 saturated carbocycles. The van der Waals surface area contributed by atoms with E-state index < -0.39 is 6.09 Å². The summed E-state index contributed by atoms with van der Waals surface area (Å²) in [6.07, 6.45) is 3.21. The minimum atomic E-state index is -0.910. The van der Waals surface area contributed by atoms with Gasteiger partial charge in [-0.25, -0.2) is 4.79 Å². The summed E-state index contributed by atoms with van der Waals surface area (Å²) in [4.78, 5) is 13.2. The molecule has 1 aliphatic heterocycles. The highest BCUT2D eigenvalue weighted by atomic mass is 35.5. The van der Waals surface area contributed by atoms with Crippen molar-refractivity contribution < 1.29 is 14.6 Å². The van der Waals surface area contributed by atoms with Crippen LogP contribution in [0.1, 0.15) is 25.7 Å². The molecular formula is C16H21ClN2O3. The SMILES string of the molecule is O=C(O)NC1(CCN2CC(Oc3ccc(Cl)cc3)C2)CCC1. The molecule has 1 aromatic carbocycles. The Balaban J connectivity index is 1.38. The van der Waals surface area contributed by atoms with E-state index in [1.165, 1.54) is 0 Å². The molecule has 1 heterocycles. The molecule has 22 heavy (non-hydrogen) atoms. The van der Waals surface area contributed by atoms with Crippen molar-refractivity contribution in [3.05, 3.63) is 29.3 Å². The van der Waals surface area contributed by atoms with Gasteiger partial charge in [0.25, 0.3) is 0 Å². The quantitative estimate of drug-likeness (QED) is 0.844. The highest BCUT2D eigenvalue weighted by molar-refractivity contribution is 6.30. The van der Waals surface area contributed by atoms with Crippen LogP contribution in [0.2, 0.25) is 5.02 Å². The molecular weight excluding hydrogens is 304 g/mol. The molecule has 2 fully saturated rings. The molecule has 1 saturated heterocycles. The Bertz CT molecular complexity index is 525. The second-order valence-corrected chi connectivity index (χ2v) is 6.70. The lowest BCUT2D eigenvalue weighted by atomic mass is 9.74. The summed E-state index contributed by atoms with van der Waals surface area (Å²) in [6.45, 7) is 2.71. The number of rotatable bonds is 6. The van der Waals surface area contributed by atoms with Crippen molar-refractivity contribution in [1.82, 2.24) is 10.2 Å². The number of hydrogen-bond acceptors (Lipinski definition) is 3. The molecule has 2 aliphatic rings. The predicted molar refractivity (Wildman–Crippen MR) is 84.7 cm³/mol. The summed E-state index contributed by atoms with van der Waals surface area (Å²) in [5, 5.41) is 12.3. The van der Waals surface area contributed by atoms with Crippen molar-refractivity contribution in [2.75, 3.05) is 19.6 Å². The van der Waals surface area contributed by atoms with Crippen LogP contribution in [0.25, 0.3) is 0 Å². The zero-order chi connectivity index (χ0) is 15.6. The van der Waals surface area contributed by atoms with Crippen molar-refractivity contribution in [2.45, 2.75) is 37.3 Å². The highest BCUT2D eigenvalue weighted by Crippen LogP contribution is 2.35. The first-order chi connectivity index (χ1) is 10.5. The number of benzene rings is 1. The van der Waals surface area contributed by atoms with Crippen LogP contribution in [0, 0.1) is 0 Å². The lowest BCUT2D eigenvalue weighted by molar-refractivity contribution is 0.00928. The van der Waals surface area contributed by atoms with Crippen LogP contribution in [0.3, 0.4) is 0 Å². The van der Waals surface area contributed by atoms with E-state index in [4.69, 9.17) is 21.4 Å². The molecule has 120 valence electrons. The van der Waals surface area contributed by atoms with E-state index in [9.17, 15) is 4.79 Å². The first-order valence-corrected chi connectivity index (χ1v) is 8.08. The maximum Gasteiger partial charge on any atom is 0.405 e. The average molecular weight is 325 g/mol. The summed E-state index contributed by atoms with van der Waals surface area (Å²) < 4.78 is 5.86. The predicted octanol–water partition coefficient (Wildman–Crippen LogP) is 2.98. The molecule has 3 rings (SSSR count). The van der Waals surface area contributed by atoms with Crippen molar-refractivity contribution in [3.63, 3.8) is 0 Å². The smallest absolute Gasteiger partial charge is 0.405 e. The van der Waals surface area contributed by atoms with Gasteiger partial charge in [-0.2, -0.15) is 0 Å². The Kier molecular flexibility index (Phi) is 4.45. The van der Waals surface area contributed by atoms with Crippen LogP contribution < -0.4 is 10.1 Å². The molecule has 2 N–H and O–H groups in total. The first-order valence-electron chi connectivity index (χ1n) is 7.70. The third-order valence-corrected chi connectivity index (χ3v) is 4.88. The third kappa shape index (κ3) is 3.65. The highest BCUT2D eigenvalue weighted by Gasteiger charge is 2.39. The lowest BCUT2D eigenvalue weighted by Gasteiger charge is -2.45. The van der Waals surface area contributed by atoms with Crippen LogP contribution in [0.4, 0.5) is 4.79 Å². The Morgan fingerprint density at radius 3 is 2.59 bits per heavy atom. The van der Waals surface area contributed by atoms with Gasteiger partial charge >= 0.3 is 6.09 Å². The molecule has 0 bridgehead atoms. The van der Waals surface area contributed by atoms with Gasteiger partial charge in [0, 0.05) is 30.2 Å². The summed E-state index contributed by atoms with van der Waals surface area (Å²) in [5.74, 6) is 0.844. The molecule has 5 nitrogen and oxygen atoms in total. The van der Waals surface area contributed by atoms with Gasteiger partial charge in [0.15, 0.2) is 0 Å². The number of nitrogens with one attached hydrogen (secondary N) is 1. The van der Waals surface area contributed by atoms with E-state index in [-0.39, 0.29) is 11.6 Å². The Hall–Kier alpha value is -1.46. The fourth-order valence-electron chi connectivity index (χ4n) is 3.13. The maximum absolute atomic E-state index is 10.9. The summed E-state index contributed by atoms with van der Waals surface area (Å²) in [6, 6.07) is 7.41. The van der Waals surface area contributed by atoms with E-state index in [0.717, 1.165) is 51.1 Å². The molecule has 0 radical (unpaired) electrons. The van der Waals surface area contributed by atoms with Gasteiger partial charge in [-0.3, -0.25) is 4.90 Å². The van der Waals surface area contributed by atoms with Crippen molar-refractivity contribution in [3.8, 4) is 5.75 Å². The van der Waals surface area contributed by atoms with Gasteiger partial charge in [0.05, 0.1) is 0 Å². The van der Waals surface area contributed by atoms with Crippen molar-refractivity contribution in [2.24, 2.45) is 0 Å². The molecule has 6 heteroatoms. The van der Waals surface area contributed by atoms with E-state index >= 15 is 0 Å². The Labute approximate surface area is 135 Å². The van der Waals surface area contributed by atoms with Crippen molar-refractivity contribution in [1.29, 1.82) is 0 Å². The number of amides is 1. The molecule has 0 aromatic heterocycles. The van der Waals surface area contributed by atoms with Crippen LogP contribution in [-0.2, 0) is 0 Å². The molecule has 0 atom stereocenters. The van der Waals surface area contributed by atoms with E-state index in [0.29, 0.717) is 5.02 Å². The zero-order valence-corrected chi connectivity index (χ0v) is 13.2. The van der Waals surface area contributed by atoms with Crippen molar-refractivity contribution >= 4 is 17.7 Å². The fourth-order valence-corrected chi connectivity index (χ4v) is 3.25. The first kappa shape index (κ1) is 15.4. The van der Waals surface area contributed by atoms with Crippen LogP contribution in [-0.4, -0.2) is 47.4 Å². The number of carboxylic acid groups (broad SMARTS) is 1. The van der Waals surface area contributed by atoms with Gasteiger partial charge in [-0.05, 0) is 49.9 Å². The molecule has 0 unspecified atom stereocenters. The fraction of sp³-hybridized carbons (Fsp3) is 0.562. The molecule has 1 amide bonds. The number of nitrogens with zero attached hydrogens (tertiary/aromatic N) is 1. The Morgan fingerprint density at radius 2 is 2.05 bits per heavy atom. The number of ether oxygens (including phenoxy) is 1. The molecule has 1 aliphatic carbocycles. The minimum absolute atomic E-state index is 0.187. The van der Waals surface area contributed by atoms with E-state index in [1.54, 1.807) is 0 Å². The van der Waals surface area contributed by atoms with Gasteiger partial charge in [-0.1, -0.05) is 11.6 Å².